The maximum Gasteiger partial charge on any atom is 0.340 e. The lowest BCUT2D eigenvalue weighted by Gasteiger charge is -2.13. The Bertz CT molecular complexity index is 1210. The summed E-state index contributed by atoms with van der Waals surface area (Å²) >= 11 is 6.37. The number of aromatic nitrogens is 2. The summed E-state index contributed by atoms with van der Waals surface area (Å²) in [6.07, 6.45) is 2.65. The van der Waals surface area contributed by atoms with Gasteiger partial charge in [0.25, 0.3) is 5.56 Å². The molecule has 30 heavy (non-hydrogen) atoms. The quantitative estimate of drug-likeness (QED) is 0.636. The van der Waals surface area contributed by atoms with Crippen molar-refractivity contribution in [3.63, 3.8) is 0 Å². The number of carbonyl (C=O) groups excluding carboxylic acids is 1. The maximum absolute atomic E-state index is 12.8. The first kappa shape index (κ1) is 18.9. The Labute approximate surface area is 178 Å². The number of rotatable bonds is 5. The fraction of sp³-hybridized carbons (Fsp3) is 0.261. The maximum atomic E-state index is 12.8. The van der Waals surface area contributed by atoms with Gasteiger partial charge in [-0.3, -0.25) is 4.79 Å². The van der Waals surface area contributed by atoms with Crippen LogP contribution in [0.2, 0.25) is 5.02 Å². The monoisotopic (exact) mass is 421 g/mol. The van der Waals surface area contributed by atoms with Crippen molar-refractivity contribution in [1.29, 1.82) is 0 Å². The number of nitrogens with zero attached hydrogens (tertiary/aromatic N) is 2. The third-order valence-electron chi connectivity index (χ3n) is 6.19. The van der Waals surface area contributed by atoms with Crippen LogP contribution >= 0.6 is 11.6 Å². The number of carbonyl (C=O) groups is 1. The number of methoxy groups -OCH3 is 1. The van der Waals surface area contributed by atoms with Crippen molar-refractivity contribution in [2.24, 2.45) is 11.8 Å². The number of para-hydroxylation sites is 1. The lowest BCUT2D eigenvalue weighted by atomic mass is 10.0. The minimum absolute atomic E-state index is 0.0517. The zero-order chi connectivity index (χ0) is 20.8. The third-order valence-corrected chi connectivity index (χ3v) is 6.55. The van der Waals surface area contributed by atoms with Gasteiger partial charge >= 0.3 is 5.97 Å². The molecule has 7 heteroatoms. The summed E-state index contributed by atoms with van der Waals surface area (Å²) in [6, 6.07) is 15.2. The van der Waals surface area contributed by atoms with Gasteiger partial charge in [-0.05, 0) is 47.4 Å². The number of esters is 1. The van der Waals surface area contributed by atoms with E-state index in [1.807, 2.05) is 0 Å². The Morgan fingerprint density at radius 1 is 1.23 bits per heavy atom. The lowest BCUT2D eigenvalue weighted by Crippen LogP contribution is -2.25. The van der Waals surface area contributed by atoms with Gasteiger partial charge in [0.1, 0.15) is 5.02 Å². The molecule has 0 amide bonds. The number of nitrogens with one attached hydrogen (secondary N) is 1. The molecule has 2 aliphatic rings. The molecule has 1 N–H and O–H groups in total. The Kier molecular flexibility index (Phi) is 4.59. The summed E-state index contributed by atoms with van der Waals surface area (Å²) < 4.78 is 5.92. The van der Waals surface area contributed by atoms with Crippen molar-refractivity contribution in [3.05, 3.63) is 86.8 Å². The van der Waals surface area contributed by atoms with Crippen LogP contribution in [0.25, 0.3) is 5.69 Å². The van der Waals surface area contributed by atoms with Crippen molar-refractivity contribution < 1.29 is 9.53 Å². The van der Waals surface area contributed by atoms with Gasteiger partial charge in [0, 0.05) is 6.54 Å². The van der Waals surface area contributed by atoms with E-state index in [0.717, 1.165) is 17.6 Å². The van der Waals surface area contributed by atoms with Crippen LogP contribution in [0.3, 0.4) is 0 Å². The third kappa shape index (κ3) is 2.99. The highest BCUT2D eigenvalue weighted by atomic mass is 35.5. The molecule has 0 aliphatic heterocycles. The molecule has 3 atom stereocenters. The summed E-state index contributed by atoms with van der Waals surface area (Å²) in [5.41, 5.74) is 3.50. The summed E-state index contributed by atoms with van der Waals surface area (Å²) in [5.74, 6) is 1.25. The number of ether oxygens (including phenoxy) is 1. The zero-order valence-electron chi connectivity index (χ0n) is 16.3. The molecule has 3 aromatic rings. The number of benzene rings is 2. The molecule has 1 heterocycles. The standard InChI is InChI=1S/C23H20ClN3O3/c1-30-23(29)15-8-4-5-9-19(15)27-22(28)21(24)18(12-26-27)25-11-17-16-10-13-6-2-3-7-14(13)20(16)17/h2-9,12,16-17,20,25H,10-11H2,1H3. The summed E-state index contributed by atoms with van der Waals surface area (Å²) in [4.78, 5) is 24.9. The van der Waals surface area contributed by atoms with E-state index in [-0.39, 0.29) is 10.6 Å². The molecule has 2 aromatic carbocycles. The highest BCUT2D eigenvalue weighted by molar-refractivity contribution is 6.33. The summed E-state index contributed by atoms with van der Waals surface area (Å²) in [5, 5.41) is 7.60. The predicted molar refractivity (Wildman–Crippen MR) is 115 cm³/mol. The highest BCUT2D eigenvalue weighted by Crippen LogP contribution is 2.61. The van der Waals surface area contributed by atoms with E-state index in [4.69, 9.17) is 16.3 Å². The van der Waals surface area contributed by atoms with Gasteiger partial charge in [-0.25, -0.2) is 4.79 Å². The van der Waals surface area contributed by atoms with Crippen molar-refractivity contribution >= 4 is 23.3 Å². The zero-order valence-corrected chi connectivity index (χ0v) is 17.1. The first-order valence-electron chi connectivity index (χ1n) is 9.87. The highest BCUT2D eigenvalue weighted by Gasteiger charge is 2.54. The van der Waals surface area contributed by atoms with Crippen LogP contribution < -0.4 is 10.9 Å². The summed E-state index contributed by atoms with van der Waals surface area (Å²) in [7, 11) is 1.29. The molecule has 0 saturated heterocycles. The number of hydrogen-bond donors (Lipinski definition) is 1. The van der Waals surface area contributed by atoms with E-state index < -0.39 is 11.5 Å². The molecule has 1 saturated carbocycles. The van der Waals surface area contributed by atoms with Crippen LogP contribution in [-0.4, -0.2) is 29.4 Å². The van der Waals surface area contributed by atoms with Crippen LogP contribution in [0.1, 0.15) is 27.4 Å². The first-order valence-corrected chi connectivity index (χ1v) is 10.2. The van der Waals surface area contributed by atoms with Crippen LogP contribution in [-0.2, 0) is 11.2 Å². The van der Waals surface area contributed by atoms with E-state index in [2.05, 4.69) is 34.7 Å². The molecular formula is C23H20ClN3O3. The number of fused-ring (bicyclic) bond motifs is 3. The van der Waals surface area contributed by atoms with Gasteiger partial charge in [0.15, 0.2) is 0 Å². The first-order chi connectivity index (χ1) is 14.6. The molecule has 152 valence electrons. The van der Waals surface area contributed by atoms with Gasteiger partial charge < -0.3 is 10.1 Å². The smallest absolute Gasteiger partial charge is 0.340 e. The SMILES string of the molecule is COC(=O)c1ccccc1-n1ncc(NCC2C3Cc4ccccc4C23)c(Cl)c1=O. The minimum Gasteiger partial charge on any atom is -0.465 e. The van der Waals surface area contributed by atoms with Gasteiger partial charge in [-0.15, -0.1) is 0 Å². The molecule has 0 radical (unpaired) electrons. The number of anilines is 1. The van der Waals surface area contributed by atoms with Crippen LogP contribution in [0.15, 0.2) is 59.5 Å². The normalized spacial score (nSPS) is 20.9. The van der Waals surface area contributed by atoms with Crippen molar-refractivity contribution in [2.75, 3.05) is 19.0 Å². The van der Waals surface area contributed by atoms with E-state index >= 15 is 0 Å². The average molecular weight is 422 g/mol. The molecule has 3 unspecified atom stereocenters. The second-order valence-corrected chi connectivity index (χ2v) is 8.11. The topological polar surface area (TPSA) is 73.2 Å². The van der Waals surface area contributed by atoms with E-state index in [1.165, 1.54) is 24.4 Å². The number of hydrogen-bond acceptors (Lipinski definition) is 5. The molecule has 1 fully saturated rings. The van der Waals surface area contributed by atoms with Gasteiger partial charge in [0.05, 0.1) is 30.2 Å². The average Bonchev–Trinajstić information content (AvgIpc) is 3.31. The molecule has 2 aliphatic carbocycles. The molecular weight excluding hydrogens is 402 g/mol. The fourth-order valence-electron chi connectivity index (χ4n) is 4.66. The van der Waals surface area contributed by atoms with Crippen molar-refractivity contribution in [2.45, 2.75) is 12.3 Å². The Morgan fingerprint density at radius 2 is 2.00 bits per heavy atom. The number of halogens is 1. The van der Waals surface area contributed by atoms with E-state index in [1.54, 1.807) is 24.3 Å². The molecule has 0 bridgehead atoms. The second kappa shape index (κ2) is 7.29. The van der Waals surface area contributed by atoms with Gasteiger partial charge in [0.2, 0.25) is 0 Å². The fourth-order valence-corrected chi connectivity index (χ4v) is 4.85. The molecule has 0 spiro atoms. The largest absolute Gasteiger partial charge is 0.465 e. The van der Waals surface area contributed by atoms with Crippen LogP contribution in [0.5, 0.6) is 0 Å². The predicted octanol–water partition coefficient (Wildman–Crippen LogP) is 3.67. The van der Waals surface area contributed by atoms with Gasteiger partial charge in [-0.1, -0.05) is 48.0 Å². The van der Waals surface area contributed by atoms with Crippen LogP contribution in [0, 0.1) is 11.8 Å². The Balaban J connectivity index is 1.36. The lowest BCUT2D eigenvalue weighted by molar-refractivity contribution is 0.0600. The van der Waals surface area contributed by atoms with E-state index in [9.17, 15) is 9.59 Å². The van der Waals surface area contributed by atoms with Crippen LogP contribution in [0.4, 0.5) is 5.69 Å². The minimum atomic E-state index is -0.543. The molecule has 1 aromatic heterocycles. The Hall–Kier alpha value is -3.12. The van der Waals surface area contributed by atoms with Crippen molar-refractivity contribution in [3.8, 4) is 5.69 Å². The Morgan fingerprint density at radius 3 is 2.83 bits per heavy atom. The molecule has 5 rings (SSSR count). The van der Waals surface area contributed by atoms with Crippen molar-refractivity contribution in [1.82, 2.24) is 9.78 Å². The molecule has 6 nitrogen and oxygen atoms in total. The van der Waals surface area contributed by atoms with Gasteiger partial charge in [-0.2, -0.15) is 9.78 Å². The van der Waals surface area contributed by atoms with E-state index in [0.29, 0.717) is 29.1 Å². The summed E-state index contributed by atoms with van der Waals surface area (Å²) in [6.45, 7) is 0.743. The second-order valence-electron chi connectivity index (χ2n) is 7.74.